The van der Waals surface area contributed by atoms with Gasteiger partial charge in [-0.15, -0.1) is 0 Å². The molecule has 118 valence electrons. The van der Waals surface area contributed by atoms with Gasteiger partial charge in [0.15, 0.2) is 0 Å². The molecular weight excluding hydrogens is 268 g/mol. The predicted octanol–water partition coefficient (Wildman–Crippen LogP) is 1.84. The first-order valence-corrected chi connectivity index (χ1v) is 8.08. The molecule has 2 N–H and O–H groups in total. The highest BCUT2D eigenvalue weighted by Gasteiger charge is 2.30. The number of aromatic nitrogens is 2. The molecule has 1 aliphatic heterocycles. The smallest absolute Gasteiger partial charge is 0.229 e. The standard InChI is InChI=1S/C15H26N4O2/c1-10(2)19-7-8-20-13(9-19)14-17-15(21-18-14)11-3-5-12(16)6-4-11/h10-13H,3-9,16H2,1-2H3. The Balaban J connectivity index is 1.64. The summed E-state index contributed by atoms with van der Waals surface area (Å²) in [6.45, 7) is 6.95. The maximum absolute atomic E-state index is 5.95. The molecule has 1 unspecified atom stereocenters. The van der Waals surface area contributed by atoms with E-state index in [1.807, 2.05) is 0 Å². The van der Waals surface area contributed by atoms with Crippen LogP contribution in [-0.4, -0.2) is 46.8 Å². The third-order valence-corrected chi connectivity index (χ3v) is 4.69. The maximum atomic E-state index is 5.95. The molecule has 0 amide bonds. The highest BCUT2D eigenvalue weighted by molar-refractivity contribution is 5.00. The van der Waals surface area contributed by atoms with Crippen molar-refractivity contribution in [2.75, 3.05) is 19.7 Å². The van der Waals surface area contributed by atoms with Gasteiger partial charge in [0, 0.05) is 31.1 Å². The van der Waals surface area contributed by atoms with Crippen molar-refractivity contribution in [3.63, 3.8) is 0 Å². The largest absolute Gasteiger partial charge is 0.367 e. The second-order valence-corrected chi connectivity index (χ2v) is 6.55. The van der Waals surface area contributed by atoms with Crippen molar-refractivity contribution in [1.82, 2.24) is 15.0 Å². The average Bonchev–Trinajstić information content (AvgIpc) is 2.98. The number of morpholine rings is 1. The minimum Gasteiger partial charge on any atom is -0.367 e. The molecule has 21 heavy (non-hydrogen) atoms. The van der Waals surface area contributed by atoms with Crippen molar-refractivity contribution < 1.29 is 9.26 Å². The molecule has 1 aromatic rings. The van der Waals surface area contributed by atoms with Crippen molar-refractivity contribution >= 4 is 0 Å². The highest BCUT2D eigenvalue weighted by atomic mass is 16.5. The Morgan fingerprint density at radius 3 is 2.71 bits per heavy atom. The van der Waals surface area contributed by atoms with Crippen LogP contribution in [0.1, 0.15) is 63.3 Å². The number of rotatable bonds is 3. The molecule has 1 saturated heterocycles. The van der Waals surface area contributed by atoms with E-state index < -0.39 is 0 Å². The quantitative estimate of drug-likeness (QED) is 0.916. The molecule has 0 spiro atoms. The van der Waals surface area contributed by atoms with Crippen molar-refractivity contribution in [3.8, 4) is 0 Å². The molecule has 2 heterocycles. The van der Waals surface area contributed by atoms with E-state index in [0.717, 1.165) is 51.3 Å². The summed E-state index contributed by atoms with van der Waals surface area (Å²) in [5.74, 6) is 1.84. The molecule has 1 aliphatic carbocycles. The van der Waals surface area contributed by atoms with Crippen LogP contribution in [0.2, 0.25) is 0 Å². The van der Waals surface area contributed by atoms with Gasteiger partial charge in [-0.2, -0.15) is 4.98 Å². The van der Waals surface area contributed by atoms with E-state index in [1.54, 1.807) is 0 Å². The first-order valence-electron chi connectivity index (χ1n) is 8.08. The summed E-state index contributed by atoms with van der Waals surface area (Å²) < 4.78 is 11.3. The zero-order valence-corrected chi connectivity index (χ0v) is 13.0. The predicted molar refractivity (Wildman–Crippen MR) is 78.9 cm³/mol. The number of ether oxygens (including phenoxy) is 1. The molecule has 6 heteroatoms. The molecule has 6 nitrogen and oxygen atoms in total. The monoisotopic (exact) mass is 294 g/mol. The van der Waals surface area contributed by atoms with Crippen LogP contribution in [0.5, 0.6) is 0 Å². The van der Waals surface area contributed by atoms with Crippen molar-refractivity contribution in [2.45, 2.75) is 63.6 Å². The normalized spacial score (nSPS) is 31.7. The van der Waals surface area contributed by atoms with E-state index in [1.165, 1.54) is 0 Å². The topological polar surface area (TPSA) is 77.4 Å². The summed E-state index contributed by atoms with van der Waals surface area (Å²) in [6, 6.07) is 0.854. The molecule has 0 aromatic carbocycles. The zero-order chi connectivity index (χ0) is 14.8. The average molecular weight is 294 g/mol. The summed E-state index contributed by atoms with van der Waals surface area (Å²) in [5.41, 5.74) is 5.95. The van der Waals surface area contributed by atoms with E-state index in [9.17, 15) is 0 Å². The molecule has 1 aromatic heterocycles. The van der Waals surface area contributed by atoms with Crippen LogP contribution in [0.15, 0.2) is 4.52 Å². The van der Waals surface area contributed by atoms with E-state index in [4.69, 9.17) is 15.0 Å². The molecule has 1 atom stereocenters. The van der Waals surface area contributed by atoms with E-state index in [0.29, 0.717) is 23.8 Å². The lowest BCUT2D eigenvalue weighted by Gasteiger charge is -2.34. The van der Waals surface area contributed by atoms with Gasteiger partial charge in [0.05, 0.1) is 6.61 Å². The summed E-state index contributed by atoms with van der Waals surface area (Å²) in [6.07, 6.45) is 4.12. The Kier molecular flexibility index (Phi) is 4.57. The van der Waals surface area contributed by atoms with Crippen LogP contribution < -0.4 is 5.73 Å². The Hall–Kier alpha value is -0.980. The minimum atomic E-state index is -0.0653. The van der Waals surface area contributed by atoms with Crippen molar-refractivity contribution in [1.29, 1.82) is 0 Å². The lowest BCUT2D eigenvalue weighted by atomic mass is 9.86. The van der Waals surface area contributed by atoms with Gasteiger partial charge in [-0.3, -0.25) is 4.90 Å². The van der Waals surface area contributed by atoms with Crippen LogP contribution in [0.25, 0.3) is 0 Å². The summed E-state index contributed by atoms with van der Waals surface area (Å²) in [5, 5.41) is 4.16. The van der Waals surface area contributed by atoms with E-state index in [-0.39, 0.29) is 6.10 Å². The van der Waals surface area contributed by atoms with Gasteiger partial charge in [-0.1, -0.05) is 5.16 Å². The lowest BCUT2D eigenvalue weighted by Crippen LogP contribution is -2.42. The van der Waals surface area contributed by atoms with Gasteiger partial charge in [0.1, 0.15) is 6.10 Å². The Bertz CT molecular complexity index is 454. The Morgan fingerprint density at radius 1 is 1.24 bits per heavy atom. The van der Waals surface area contributed by atoms with Crippen LogP contribution in [0, 0.1) is 0 Å². The number of nitrogens with zero attached hydrogens (tertiary/aromatic N) is 3. The van der Waals surface area contributed by atoms with Crippen LogP contribution >= 0.6 is 0 Å². The first kappa shape index (κ1) is 14.9. The van der Waals surface area contributed by atoms with Gasteiger partial charge in [0.25, 0.3) is 0 Å². The second-order valence-electron chi connectivity index (χ2n) is 6.55. The Morgan fingerprint density at radius 2 is 2.00 bits per heavy atom. The van der Waals surface area contributed by atoms with Gasteiger partial charge < -0.3 is 15.0 Å². The molecule has 2 aliphatic rings. The molecular formula is C15H26N4O2. The van der Waals surface area contributed by atoms with E-state index in [2.05, 4.69) is 28.9 Å². The summed E-state index contributed by atoms with van der Waals surface area (Å²) in [7, 11) is 0. The molecule has 0 bridgehead atoms. The fourth-order valence-corrected chi connectivity index (χ4v) is 3.20. The van der Waals surface area contributed by atoms with Gasteiger partial charge in [-0.05, 0) is 39.5 Å². The molecule has 0 radical (unpaired) electrons. The third-order valence-electron chi connectivity index (χ3n) is 4.69. The fraction of sp³-hybridized carbons (Fsp3) is 0.867. The SMILES string of the molecule is CC(C)N1CCOC(c2noc(C3CCC(N)CC3)n2)C1. The van der Waals surface area contributed by atoms with E-state index >= 15 is 0 Å². The number of nitrogens with two attached hydrogens (primary N) is 1. The van der Waals surface area contributed by atoms with Gasteiger partial charge >= 0.3 is 0 Å². The zero-order valence-electron chi connectivity index (χ0n) is 13.0. The summed E-state index contributed by atoms with van der Waals surface area (Å²) >= 11 is 0. The fourth-order valence-electron chi connectivity index (χ4n) is 3.20. The molecule has 1 saturated carbocycles. The third kappa shape index (κ3) is 3.44. The van der Waals surface area contributed by atoms with Crippen LogP contribution in [0.4, 0.5) is 0 Å². The van der Waals surface area contributed by atoms with Gasteiger partial charge in [0.2, 0.25) is 11.7 Å². The molecule has 2 fully saturated rings. The van der Waals surface area contributed by atoms with Crippen molar-refractivity contribution in [3.05, 3.63) is 11.7 Å². The van der Waals surface area contributed by atoms with Gasteiger partial charge in [-0.25, -0.2) is 0 Å². The second kappa shape index (κ2) is 6.42. The summed E-state index contributed by atoms with van der Waals surface area (Å²) in [4.78, 5) is 7.00. The minimum absolute atomic E-state index is 0.0653. The first-order chi connectivity index (χ1) is 10.1. The lowest BCUT2D eigenvalue weighted by molar-refractivity contribution is -0.0450. The molecule has 3 rings (SSSR count). The number of hydrogen-bond acceptors (Lipinski definition) is 6. The number of hydrogen-bond donors (Lipinski definition) is 1. The highest BCUT2D eigenvalue weighted by Crippen LogP contribution is 2.32. The van der Waals surface area contributed by atoms with Crippen molar-refractivity contribution in [2.24, 2.45) is 5.73 Å². The maximum Gasteiger partial charge on any atom is 0.229 e. The Labute approximate surface area is 126 Å². The van der Waals surface area contributed by atoms with Crippen LogP contribution in [0.3, 0.4) is 0 Å². The van der Waals surface area contributed by atoms with Crippen LogP contribution in [-0.2, 0) is 4.74 Å².